The van der Waals surface area contributed by atoms with Crippen LogP contribution >= 0.6 is 0 Å². The van der Waals surface area contributed by atoms with Crippen molar-refractivity contribution in [3.8, 4) is 0 Å². The van der Waals surface area contributed by atoms with Crippen LogP contribution in [0, 0.1) is 15.9 Å². The fraction of sp³-hybridized carbons (Fsp3) is 0.417. The van der Waals surface area contributed by atoms with E-state index in [2.05, 4.69) is 0 Å². The lowest BCUT2D eigenvalue weighted by molar-refractivity contribution is -0.387. The number of nitrogens with zero attached hydrogens (tertiary/aromatic N) is 2. The first-order valence-corrected chi connectivity index (χ1v) is 5.67. The average molecular weight is 268 g/mol. The molecule has 1 aromatic rings. The molecule has 0 aliphatic carbocycles. The van der Waals surface area contributed by atoms with Crippen molar-refractivity contribution in [3.63, 3.8) is 0 Å². The highest BCUT2D eigenvalue weighted by Crippen LogP contribution is 2.32. The lowest BCUT2D eigenvalue weighted by atomic mass is 10.1. The molecule has 1 N–H and O–H groups in total. The Balaban J connectivity index is 2.47. The van der Waals surface area contributed by atoms with E-state index in [0.29, 0.717) is 5.56 Å². The molecule has 1 aliphatic rings. The number of amides is 1. The van der Waals surface area contributed by atoms with E-state index in [1.54, 1.807) is 13.8 Å². The molecule has 0 saturated carbocycles. The van der Waals surface area contributed by atoms with Crippen molar-refractivity contribution in [2.24, 2.45) is 0 Å². The van der Waals surface area contributed by atoms with Crippen molar-refractivity contribution in [1.82, 2.24) is 4.90 Å². The van der Waals surface area contributed by atoms with Gasteiger partial charge in [0.05, 0.1) is 17.1 Å². The van der Waals surface area contributed by atoms with E-state index < -0.39 is 27.9 Å². The Morgan fingerprint density at radius 2 is 2.16 bits per heavy atom. The Morgan fingerprint density at radius 1 is 1.53 bits per heavy atom. The molecule has 0 saturated heterocycles. The highest BCUT2D eigenvalue weighted by Gasteiger charge is 2.38. The third kappa shape index (κ3) is 2.06. The molecule has 1 aliphatic heterocycles. The largest absolute Gasteiger partial charge is 0.394 e. The monoisotopic (exact) mass is 268 g/mol. The van der Waals surface area contributed by atoms with Gasteiger partial charge in [0.15, 0.2) is 0 Å². The van der Waals surface area contributed by atoms with Gasteiger partial charge in [0.2, 0.25) is 5.82 Å². The zero-order valence-electron chi connectivity index (χ0n) is 10.5. The number of nitro groups is 1. The van der Waals surface area contributed by atoms with Gasteiger partial charge in [-0.05, 0) is 25.5 Å². The number of nitro benzene ring substituents is 1. The van der Waals surface area contributed by atoms with E-state index in [4.69, 9.17) is 0 Å². The molecule has 0 aromatic heterocycles. The highest BCUT2D eigenvalue weighted by atomic mass is 19.1. The maximum absolute atomic E-state index is 13.5. The number of aliphatic hydroxyl groups excluding tert-OH is 1. The van der Waals surface area contributed by atoms with Gasteiger partial charge in [-0.3, -0.25) is 14.9 Å². The van der Waals surface area contributed by atoms with Crippen LogP contribution < -0.4 is 0 Å². The molecule has 1 amide bonds. The summed E-state index contributed by atoms with van der Waals surface area (Å²) in [5.41, 5.74) is -0.930. The minimum absolute atomic E-state index is 0.115. The van der Waals surface area contributed by atoms with Crippen molar-refractivity contribution in [3.05, 3.63) is 39.2 Å². The third-order valence-electron chi connectivity index (χ3n) is 3.29. The van der Waals surface area contributed by atoms with E-state index in [9.17, 15) is 24.4 Å². The van der Waals surface area contributed by atoms with Crippen molar-refractivity contribution >= 4 is 11.6 Å². The first-order chi connectivity index (χ1) is 8.77. The smallest absolute Gasteiger partial charge is 0.305 e. The number of carbonyl (C=O) groups is 1. The molecule has 1 aromatic carbocycles. The molecule has 0 atom stereocenters. The lowest BCUT2D eigenvalue weighted by Crippen LogP contribution is -2.46. The van der Waals surface area contributed by atoms with E-state index in [1.807, 2.05) is 0 Å². The van der Waals surface area contributed by atoms with Crippen molar-refractivity contribution < 1.29 is 19.2 Å². The normalized spacial score (nSPS) is 14.7. The van der Waals surface area contributed by atoms with Crippen molar-refractivity contribution in [1.29, 1.82) is 0 Å². The Morgan fingerprint density at radius 3 is 2.68 bits per heavy atom. The Hall–Kier alpha value is -2.02. The van der Waals surface area contributed by atoms with Gasteiger partial charge >= 0.3 is 5.69 Å². The quantitative estimate of drug-likeness (QED) is 0.664. The average Bonchev–Trinajstić information content (AvgIpc) is 2.66. The van der Waals surface area contributed by atoms with E-state index >= 15 is 0 Å². The Kier molecular flexibility index (Phi) is 3.01. The standard InChI is InChI=1S/C12H13FN2O4/c1-12(2,6-16)14-5-7-3-10(15(18)19)9(13)4-8(7)11(14)17/h3-4,16H,5-6H2,1-2H3. The number of fused-ring (bicyclic) bond motifs is 1. The fourth-order valence-corrected chi connectivity index (χ4v) is 2.04. The number of hydrogen-bond acceptors (Lipinski definition) is 4. The van der Waals surface area contributed by atoms with Gasteiger partial charge < -0.3 is 10.0 Å². The van der Waals surface area contributed by atoms with E-state index in [-0.39, 0.29) is 18.7 Å². The minimum Gasteiger partial charge on any atom is -0.394 e. The summed E-state index contributed by atoms with van der Waals surface area (Å²) in [6, 6.07) is 1.97. The Labute approximate surface area is 108 Å². The molecule has 0 spiro atoms. The van der Waals surface area contributed by atoms with Crippen LogP contribution in [0.5, 0.6) is 0 Å². The van der Waals surface area contributed by atoms with Crippen LogP contribution in [0.1, 0.15) is 29.8 Å². The zero-order chi connectivity index (χ0) is 14.4. The maximum Gasteiger partial charge on any atom is 0.305 e. The molecule has 0 radical (unpaired) electrons. The SMILES string of the molecule is CC(C)(CO)N1Cc2cc([N+](=O)[O-])c(F)cc2C1=O. The summed E-state index contributed by atoms with van der Waals surface area (Å²) in [7, 11) is 0. The number of aliphatic hydroxyl groups is 1. The number of carbonyl (C=O) groups excluding carboxylic acids is 1. The summed E-state index contributed by atoms with van der Waals surface area (Å²) in [5, 5.41) is 19.9. The maximum atomic E-state index is 13.5. The zero-order valence-corrected chi connectivity index (χ0v) is 10.5. The van der Waals surface area contributed by atoms with Crippen LogP contribution in [0.15, 0.2) is 12.1 Å². The summed E-state index contributed by atoms with van der Waals surface area (Å²) in [4.78, 5) is 23.3. The second-order valence-corrected chi connectivity index (χ2v) is 5.08. The van der Waals surface area contributed by atoms with Gasteiger partial charge in [0.1, 0.15) is 0 Å². The number of hydrogen-bond donors (Lipinski definition) is 1. The van der Waals surface area contributed by atoms with Crippen LogP contribution in [-0.2, 0) is 6.54 Å². The van der Waals surface area contributed by atoms with Crippen molar-refractivity contribution in [2.45, 2.75) is 25.9 Å². The molecular formula is C12H13FN2O4. The number of halogens is 1. The molecule has 19 heavy (non-hydrogen) atoms. The first kappa shape index (κ1) is 13.4. The van der Waals surface area contributed by atoms with E-state index in [0.717, 1.165) is 12.1 Å². The highest BCUT2D eigenvalue weighted by molar-refractivity contribution is 5.99. The van der Waals surface area contributed by atoms with Crippen LogP contribution in [0.3, 0.4) is 0 Å². The molecule has 0 fully saturated rings. The number of benzene rings is 1. The molecule has 0 bridgehead atoms. The van der Waals surface area contributed by atoms with Crippen LogP contribution in [-0.4, -0.2) is 33.0 Å². The third-order valence-corrected chi connectivity index (χ3v) is 3.29. The Bertz CT molecular complexity index is 571. The predicted octanol–water partition coefficient (Wildman–Crippen LogP) is 1.46. The molecule has 7 heteroatoms. The van der Waals surface area contributed by atoms with Crippen LogP contribution in [0.25, 0.3) is 0 Å². The van der Waals surface area contributed by atoms with Gasteiger partial charge in [0, 0.05) is 18.2 Å². The van der Waals surface area contributed by atoms with Gasteiger partial charge in [0.25, 0.3) is 5.91 Å². The topological polar surface area (TPSA) is 83.7 Å². The van der Waals surface area contributed by atoms with Crippen LogP contribution in [0.2, 0.25) is 0 Å². The fourth-order valence-electron chi connectivity index (χ4n) is 2.04. The predicted molar refractivity (Wildman–Crippen MR) is 64.1 cm³/mol. The van der Waals surface area contributed by atoms with Gasteiger partial charge in [-0.15, -0.1) is 0 Å². The summed E-state index contributed by atoms with van der Waals surface area (Å²) < 4.78 is 13.5. The summed E-state index contributed by atoms with van der Waals surface area (Å²) in [6.45, 7) is 3.21. The van der Waals surface area contributed by atoms with Gasteiger partial charge in [-0.25, -0.2) is 0 Å². The summed E-state index contributed by atoms with van der Waals surface area (Å²) in [5.74, 6) is -1.45. The molecule has 1 heterocycles. The van der Waals surface area contributed by atoms with Crippen LogP contribution in [0.4, 0.5) is 10.1 Å². The van der Waals surface area contributed by atoms with Crippen molar-refractivity contribution in [2.75, 3.05) is 6.61 Å². The molecule has 6 nitrogen and oxygen atoms in total. The van der Waals surface area contributed by atoms with Gasteiger partial charge in [-0.2, -0.15) is 4.39 Å². The van der Waals surface area contributed by atoms with E-state index in [1.165, 1.54) is 4.90 Å². The molecule has 0 unspecified atom stereocenters. The van der Waals surface area contributed by atoms with Gasteiger partial charge in [-0.1, -0.05) is 0 Å². The number of rotatable bonds is 3. The summed E-state index contributed by atoms with van der Waals surface area (Å²) >= 11 is 0. The first-order valence-electron chi connectivity index (χ1n) is 5.67. The molecular weight excluding hydrogens is 255 g/mol. The minimum atomic E-state index is -1.03. The molecule has 2 rings (SSSR count). The lowest BCUT2D eigenvalue weighted by Gasteiger charge is -2.33. The molecule has 102 valence electrons. The second kappa shape index (κ2) is 4.27. The summed E-state index contributed by atoms with van der Waals surface area (Å²) in [6.07, 6.45) is 0. The second-order valence-electron chi connectivity index (χ2n) is 5.08.